The van der Waals surface area contributed by atoms with E-state index in [-0.39, 0.29) is 0 Å². The van der Waals surface area contributed by atoms with Crippen molar-refractivity contribution in [1.82, 2.24) is 9.78 Å². The highest BCUT2D eigenvalue weighted by Crippen LogP contribution is 2.24. The maximum atomic E-state index is 13.8. The average molecular weight is 268 g/mol. The molecule has 1 aromatic heterocycles. The molecule has 0 saturated heterocycles. The van der Waals surface area contributed by atoms with E-state index in [9.17, 15) is 4.39 Å². The highest BCUT2D eigenvalue weighted by Gasteiger charge is 2.18. The second kappa shape index (κ2) is 5.08. The molecule has 0 saturated carbocycles. The van der Waals surface area contributed by atoms with E-state index in [1.54, 1.807) is 16.8 Å². The molecule has 2 rings (SSSR count). The van der Waals surface area contributed by atoms with E-state index in [2.05, 4.69) is 5.10 Å². The molecule has 0 aliphatic rings. The minimum Gasteiger partial charge on any atom is -0.319 e. The van der Waals surface area contributed by atoms with Gasteiger partial charge < -0.3 is 5.73 Å². The van der Waals surface area contributed by atoms with Crippen LogP contribution in [0.5, 0.6) is 0 Å². The fourth-order valence-corrected chi connectivity index (χ4v) is 2.08. The number of hydrogen-bond acceptors (Lipinski definition) is 2. The Kier molecular flexibility index (Phi) is 3.68. The van der Waals surface area contributed by atoms with Gasteiger partial charge in [-0.05, 0) is 24.6 Å². The summed E-state index contributed by atoms with van der Waals surface area (Å²) in [5.41, 5.74) is 8.24. The van der Waals surface area contributed by atoms with Gasteiger partial charge in [-0.2, -0.15) is 5.10 Å². The Hall–Kier alpha value is -1.39. The van der Waals surface area contributed by atoms with Crippen molar-refractivity contribution < 1.29 is 4.39 Å². The zero-order valence-corrected chi connectivity index (χ0v) is 11.1. The molecule has 1 unspecified atom stereocenters. The predicted molar refractivity (Wildman–Crippen MR) is 70.0 cm³/mol. The van der Waals surface area contributed by atoms with Crippen molar-refractivity contribution in [1.29, 1.82) is 0 Å². The standard InChI is InChI=1S/C13H15ClFN3/c1-3-9-7-12(18(2)17-9)13(16)10-5-4-8(14)6-11(10)15/h4-7,13H,3,16H2,1-2H3. The molecule has 2 aromatic rings. The molecule has 5 heteroatoms. The van der Waals surface area contributed by atoms with Gasteiger partial charge in [0.25, 0.3) is 0 Å². The third kappa shape index (κ3) is 2.40. The molecule has 3 nitrogen and oxygen atoms in total. The van der Waals surface area contributed by atoms with E-state index in [1.165, 1.54) is 6.07 Å². The van der Waals surface area contributed by atoms with E-state index in [4.69, 9.17) is 17.3 Å². The molecule has 2 N–H and O–H groups in total. The molecule has 1 heterocycles. The van der Waals surface area contributed by atoms with Crippen LogP contribution in [0.15, 0.2) is 24.3 Å². The van der Waals surface area contributed by atoms with Crippen LogP contribution in [0.4, 0.5) is 4.39 Å². The summed E-state index contributed by atoms with van der Waals surface area (Å²) < 4.78 is 15.5. The van der Waals surface area contributed by atoms with Gasteiger partial charge in [0.2, 0.25) is 0 Å². The normalized spacial score (nSPS) is 12.7. The van der Waals surface area contributed by atoms with Crippen molar-refractivity contribution in [3.63, 3.8) is 0 Å². The number of halogens is 2. The SMILES string of the molecule is CCc1cc(C(N)c2ccc(Cl)cc2F)n(C)n1. The molecule has 0 aliphatic heterocycles. The van der Waals surface area contributed by atoms with Gasteiger partial charge in [-0.3, -0.25) is 4.68 Å². The van der Waals surface area contributed by atoms with Crippen LogP contribution in [-0.2, 0) is 13.5 Å². The second-order valence-corrected chi connectivity index (χ2v) is 4.62. The first kappa shape index (κ1) is 13.1. The van der Waals surface area contributed by atoms with Crippen molar-refractivity contribution in [2.45, 2.75) is 19.4 Å². The quantitative estimate of drug-likeness (QED) is 0.929. The van der Waals surface area contributed by atoms with Crippen LogP contribution >= 0.6 is 11.6 Å². The summed E-state index contributed by atoms with van der Waals surface area (Å²) in [6, 6.07) is 5.88. The monoisotopic (exact) mass is 267 g/mol. The van der Waals surface area contributed by atoms with Gasteiger partial charge in [-0.15, -0.1) is 0 Å². The fourth-order valence-electron chi connectivity index (χ4n) is 1.92. The largest absolute Gasteiger partial charge is 0.319 e. The Balaban J connectivity index is 2.40. The van der Waals surface area contributed by atoms with Gasteiger partial charge in [0.1, 0.15) is 5.82 Å². The lowest BCUT2D eigenvalue weighted by Crippen LogP contribution is -2.17. The summed E-state index contributed by atoms with van der Waals surface area (Å²) >= 11 is 5.73. The molecule has 0 radical (unpaired) electrons. The number of nitrogens with zero attached hydrogens (tertiary/aromatic N) is 2. The zero-order valence-electron chi connectivity index (χ0n) is 10.3. The molecule has 0 bridgehead atoms. The van der Waals surface area contributed by atoms with Crippen LogP contribution in [0, 0.1) is 5.82 Å². The van der Waals surface area contributed by atoms with Crippen molar-refractivity contribution >= 4 is 11.6 Å². The van der Waals surface area contributed by atoms with E-state index in [0.717, 1.165) is 17.8 Å². The lowest BCUT2D eigenvalue weighted by atomic mass is 10.0. The number of hydrogen-bond donors (Lipinski definition) is 1. The van der Waals surface area contributed by atoms with Crippen LogP contribution in [-0.4, -0.2) is 9.78 Å². The summed E-state index contributed by atoms with van der Waals surface area (Å²) in [4.78, 5) is 0. The first-order chi connectivity index (χ1) is 8.52. The van der Waals surface area contributed by atoms with Crippen molar-refractivity contribution in [2.75, 3.05) is 0 Å². The minimum atomic E-state index is -0.542. The lowest BCUT2D eigenvalue weighted by Gasteiger charge is -2.13. The molecule has 0 aliphatic carbocycles. The summed E-state index contributed by atoms with van der Waals surface area (Å²) in [7, 11) is 1.81. The van der Waals surface area contributed by atoms with Gasteiger partial charge in [-0.1, -0.05) is 24.6 Å². The number of nitrogens with two attached hydrogens (primary N) is 1. The second-order valence-electron chi connectivity index (χ2n) is 4.18. The molecular weight excluding hydrogens is 253 g/mol. The fraction of sp³-hybridized carbons (Fsp3) is 0.308. The van der Waals surface area contributed by atoms with Crippen LogP contribution < -0.4 is 5.73 Å². The number of aromatic nitrogens is 2. The van der Waals surface area contributed by atoms with E-state index in [0.29, 0.717) is 10.6 Å². The Morgan fingerprint density at radius 2 is 2.17 bits per heavy atom. The Morgan fingerprint density at radius 1 is 1.44 bits per heavy atom. The summed E-state index contributed by atoms with van der Waals surface area (Å²) in [6.45, 7) is 2.01. The van der Waals surface area contributed by atoms with E-state index in [1.807, 2.05) is 20.0 Å². The highest BCUT2D eigenvalue weighted by atomic mass is 35.5. The maximum Gasteiger partial charge on any atom is 0.129 e. The van der Waals surface area contributed by atoms with Crippen LogP contribution in [0.2, 0.25) is 5.02 Å². The number of aryl methyl sites for hydroxylation is 2. The minimum absolute atomic E-state index is 0.364. The molecular formula is C13H15ClFN3. The van der Waals surface area contributed by atoms with Crippen molar-refractivity contribution in [3.8, 4) is 0 Å². The van der Waals surface area contributed by atoms with Crippen LogP contribution in [0.3, 0.4) is 0 Å². The first-order valence-electron chi connectivity index (χ1n) is 5.76. The van der Waals surface area contributed by atoms with E-state index < -0.39 is 11.9 Å². The topological polar surface area (TPSA) is 43.8 Å². The first-order valence-corrected chi connectivity index (χ1v) is 6.14. The Labute approximate surface area is 110 Å². The zero-order chi connectivity index (χ0) is 13.3. The third-order valence-corrected chi connectivity index (χ3v) is 3.18. The summed E-state index contributed by atoms with van der Waals surface area (Å²) in [6.07, 6.45) is 0.823. The molecule has 1 atom stereocenters. The Morgan fingerprint density at radius 3 is 2.72 bits per heavy atom. The number of benzene rings is 1. The van der Waals surface area contributed by atoms with Crippen molar-refractivity contribution in [3.05, 3.63) is 52.1 Å². The molecule has 1 aromatic carbocycles. The van der Waals surface area contributed by atoms with Gasteiger partial charge >= 0.3 is 0 Å². The molecule has 0 amide bonds. The van der Waals surface area contributed by atoms with Gasteiger partial charge in [0, 0.05) is 17.6 Å². The highest BCUT2D eigenvalue weighted by molar-refractivity contribution is 6.30. The smallest absolute Gasteiger partial charge is 0.129 e. The summed E-state index contributed by atoms with van der Waals surface area (Å²) in [5.74, 6) is -0.394. The predicted octanol–water partition coefficient (Wildman–Crippen LogP) is 2.82. The van der Waals surface area contributed by atoms with E-state index >= 15 is 0 Å². The van der Waals surface area contributed by atoms with Gasteiger partial charge in [-0.25, -0.2) is 4.39 Å². The Bertz CT molecular complexity index is 565. The lowest BCUT2D eigenvalue weighted by molar-refractivity contribution is 0.586. The molecule has 0 fully saturated rings. The molecule has 0 spiro atoms. The summed E-state index contributed by atoms with van der Waals surface area (Å²) in [5, 5.41) is 4.67. The van der Waals surface area contributed by atoms with Crippen LogP contribution in [0.25, 0.3) is 0 Å². The third-order valence-electron chi connectivity index (χ3n) is 2.95. The molecule has 18 heavy (non-hydrogen) atoms. The van der Waals surface area contributed by atoms with Gasteiger partial charge in [0.15, 0.2) is 0 Å². The van der Waals surface area contributed by atoms with Crippen molar-refractivity contribution in [2.24, 2.45) is 12.8 Å². The average Bonchev–Trinajstić information content (AvgIpc) is 2.70. The number of rotatable bonds is 3. The molecule has 96 valence electrons. The maximum absolute atomic E-state index is 13.8. The van der Waals surface area contributed by atoms with Gasteiger partial charge in [0.05, 0.1) is 17.4 Å². The van der Waals surface area contributed by atoms with Crippen LogP contribution in [0.1, 0.15) is 29.9 Å².